The van der Waals surface area contributed by atoms with Crippen molar-refractivity contribution < 1.29 is 18.0 Å². The molecule has 2 aliphatic rings. The van der Waals surface area contributed by atoms with Gasteiger partial charge in [0, 0.05) is 50.7 Å². The average molecular weight is 548 g/mol. The summed E-state index contributed by atoms with van der Waals surface area (Å²) in [5.74, 6) is -0.123. The predicted molar refractivity (Wildman–Crippen MR) is 147 cm³/mol. The van der Waals surface area contributed by atoms with Crippen LogP contribution < -0.4 is 14.9 Å². The van der Waals surface area contributed by atoms with Gasteiger partial charge < -0.3 is 20.0 Å². The molecule has 0 unspecified atom stereocenters. The lowest BCUT2D eigenvalue weighted by atomic mass is 10.0. The largest absolute Gasteiger partial charge is 0.366 e. The molecule has 3 amide bonds. The molecule has 2 aliphatic heterocycles. The van der Waals surface area contributed by atoms with Crippen LogP contribution in [0.2, 0.25) is 5.02 Å². The van der Waals surface area contributed by atoms with Crippen LogP contribution in [0.4, 0.5) is 16.2 Å². The van der Waals surface area contributed by atoms with Gasteiger partial charge in [-0.15, -0.1) is 0 Å². The second-order valence-corrected chi connectivity index (χ2v) is 11.8. The third-order valence-electron chi connectivity index (χ3n) is 6.72. The van der Waals surface area contributed by atoms with E-state index in [0.29, 0.717) is 56.4 Å². The van der Waals surface area contributed by atoms with Gasteiger partial charge in [0.2, 0.25) is 15.9 Å². The van der Waals surface area contributed by atoms with Crippen molar-refractivity contribution >= 4 is 44.9 Å². The number of nitrogens with zero attached hydrogens (tertiary/aromatic N) is 3. The summed E-state index contributed by atoms with van der Waals surface area (Å²) in [5, 5.41) is 3.61. The summed E-state index contributed by atoms with van der Waals surface area (Å²) in [4.78, 5) is 32.3. The maximum absolute atomic E-state index is 13.6. The molecule has 0 spiro atoms. The smallest absolute Gasteiger partial charge is 0.318 e. The second kappa shape index (κ2) is 12.0. The number of benzene rings is 2. The first-order valence-corrected chi connectivity index (χ1v) is 14.9. The second-order valence-electron chi connectivity index (χ2n) is 9.58. The van der Waals surface area contributed by atoms with Gasteiger partial charge in [-0.25, -0.2) is 13.2 Å². The summed E-state index contributed by atoms with van der Waals surface area (Å²) >= 11 is 6.03. The molecular formula is C26H34ClN5O4S. The highest BCUT2D eigenvalue weighted by Crippen LogP contribution is 2.27. The van der Waals surface area contributed by atoms with Crippen LogP contribution in [-0.4, -0.2) is 81.7 Å². The maximum atomic E-state index is 13.6. The summed E-state index contributed by atoms with van der Waals surface area (Å²) in [6, 6.07) is 13.7. The normalized spacial score (nSPS) is 17.3. The van der Waals surface area contributed by atoms with Crippen LogP contribution in [0.15, 0.2) is 48.5 Å². The van der Waals surface area contributed by atoms with E-state index in [9.17, 15) is 18.0 Å². The van der Waals surface area contributed by atoms with Gasteiger partial charge in [0.1, 0.15) is 6.04 Å². The van der Waals surface area contributed by atoms with E-state index in [-0.39, 0.29) is 11.9 Å². The zero-order chi connectivity index (χ0) is 26.4. The Morgan fingerprint density at radius 1 is 0.892 bits per heavy atom. The molecule has 2 aromatic carbocycles. The molecule has 11 heteroatoms. The standard InChI is InChI=1S/C26H34ClN5O4S/c1-37(35,36)29-22-7-3-4-8-24(22)30-15-17-31(18-16-30)25(33)23(19-20-9-11-21(27)12-10-20)28-26(34)32-13-5-2-6-14-32/h3-4,7-12,23,29H,2,5-6,13-19H2,1H3,(H,28,34)/t23-/m1/s1. The zero-order valence-electron chi connectivity index (χ0n) is 21.0. The highest BCUT2D eigenvalue weighted by Gasteiger charge is 2.31. The molecule has 0 aromatic heterocycles. The van der Waals surface area contributed by atoms with Crippen molar-refractivity contribution in [2.45, 2.75) is 31.7 Å². The van der Waals surface area contributed by atoms with E-state index in [2.05, 4.69) is 14.9 Å². The Hall–Kier alpha value is -2.98. The van der Waals surface area contributed by atoms with Gasteiger partial charge in [-0.3, -0.25) is 9.52 Å². The van der Waals surface area contributed by atoms with Crippen molar-refractivity contribution in [3.63, 3.8) is 0 Å². The average Bonchev–Trinajstić information content (AvgIpc) is 2.89. The van der Waals surface area contributed by atoms with Crippen LogP contribution in [-0.2, 0) is 21.2 Å². The molecule has 2 heterocycles. The lowest BCUT2D eigenvalue weighted by Gasteiger charge is -2.38. The number of amides is 3. The molecule has 2 N–H and O–H groups in total. The Bertz CT molecular complexity index is 1190. The number of sulfonamides is 1. The van der Waals surface area contributed by atoms with Crippen molar-refractivity contribution in [2.75, 3.05) is 55.1 Å². The monoisotopic (exact) mass is 547 g/mol. The van der Waals surface area contributed by atoms with Crippen LogP contribution in [0.25, 0.3) is 0 Å². The van der Waals surface area contributed by atoms with E-state index < -0.39 is 16.1 Å². The number of para-hydroxylation sites is 2. The fraction of sp³-hybridized carbons (Fsp3) is 0.462. The summed E-state index contributed by atoms with van der Waals surface area (Å²) < 4.78 is 26.2. The quantitative estimate of drug-likeness (QED) is 0.554. The van der Waals surface area contributed by atoms with Crippen LogP contribution >= 0.6 is 11.6 Å². The van der Waals surface area contributed by atoms with Gasteiger partial charge in [0.05, 0.1) is 17.6 Å². The Morgan fingerprint density at radius 3 is 2.19 bits per heavy atom. The predicted octanol–water partition coefficient (Wildman–Crippen LogP) is 3.17. The summed E-state index contributed by atoms with van der Waals surface area (Å²) in [7, 11) is -3.42. The van der Waals surface area contributed by atoms with E-state index in [1.165, 1.54) is 0 Å². The number of urea groups is 1. The number of likely N-dealkylation sites (tertiary alicyclic amines) is 1. The number of carbonyl (C=O) groups excluding carboxylic acids is 2. The first-order chi connectivity index (χ1) is 17.7. The SMILES string of the molecule is CS(=O)(=O)Nc1ccccc1N1CCN(C(=O)[C@@H](Cc2ccc(Cl)cc2)NC(=O)N2CCCCC2)CC1. The van der Waals surface area contributed by atoms with E-state index in [0.717, 1.165) is 36.8 Å². The van der Waals surface area contributed by atoms with Gasteiger partial charge in [-0.2, -0.15) is 0 Å². The molecule has 2 aromatic rings. The third-order valence-corrected chi connectivity index (χ3v) is 7.57. The van der Waals surface area contributed by atoms with Crippen molar-refractivity contribution in [3.8, 4) is 0 Å². The molecular weight excluding hydrogens is 514 g/mol. The zero-order valence-corrected chi connectivity index (χ0v) is 22.6. The molecule has 1 atom stereocenters. The topological polar surface area (TPSA) is 102 Å². The van der Waals surface area contributed by atoms with Gasteiger partial charge >= 0.3 is 6.03 Å². The lowest BCUT2D eigenvalue weighted by molar-refractivity contribution is -0.133. The molecule has 2 fully saturated rings. The summed E-state index contributed by atoms with van der Waals surface area (Å²) in [6.45, 7) is 3.41. The van der Waals surface area contributed by atoms with Crippen LogP contribution in [0.5, 0.6) is 0 Å². The number of hydrogen-bond donors (Lipinski definition) is 2. The number of nitrogens with one attached hydrogen (secondary N) is 2. The van der Waals surface area contributed by atoms with Gasteiger partial charge in [0.15, 0.2) is 0 Å². The van der Waals surface area contributed by atoms with E-state index in [1.807, 2.05) is 24.3 Å². The molecule has 2 saturated heterocycles. The van der Waals surface area contributed by atoms with Crippen molar-refractivity contribution in [2.24, 2.45) is 0 Å². The number of anilines is 2. The van der Waals surface area contributed by atoms with Gasteiger partial charge in [0.25, 0.3) is 0 Å². The van der Waals surface area contributed by atoms with E-state index >= 15 is 0 Å². The number of halogens is 1. The molecule has 200 valence electrons. The number of piperazine rings is 1. The van der Waals surface area contributed by atoms with Crippen LogP contribution in [0.1, 0.15) is 24.8 Å². The molecule has 0 aliphatic carbocycles. The minimum Gasteiger partial charge on any atom is -0.366 e. The van der Waals surface area contributed by atoms with Crippen LogP contribution in [0, 0.1) is 0 Å². The number of hydrogen-bond acceptors (Lipinski definition) is 5. The number of carbonyl (C=O) groups is 2. The van der Waals surface area contributed by atoms with E-state index in [1.54, 1.807) is 34.1 Å². The molecule has 4 rings (SSSR count). The number of piperidine rings is 1. The highest BCUT2D eigenvalue weighted by atomic mass is 35.5. The Labute approximate surface area is 223 Å². The van der Waals surface area contributed by atoms with E-state index in [4.69, 9.17) is 11.6 Å². The number of rotatable bonds is 7. The Kier molecular flexibility index (Phi) is 8.81. The molecule has 9 nitrogen and oxygen atoms in total. The molecule has 0 radical (unpaired) electrons. The molecule has 37 heavy (non-hydrogen) atoms. The van der Waals surface area contributed by atoms with Crippen molar-refractivity contribution in [1.29, 1.82) is 0 Å². The Balaban J connectivity index is 1.45. The third kappa shape index (κ3) is 7.52. The minimum absolute atomic E-state index is 0.123. The van der Waals surface area contributed by atoms with Crippen molar-refractivity contribution in [1.82, 2.24) is 15.1 Å². The van der Waals surface area contributed by atoms with Gasteiger partial charge in [-0.05, 0) is 49.1 Å². The summed E-state index contributed by atoms with van der Waals surface area (Å²) in [5.41, 5.74) is 2.21. The first kappa shape index (κ1) is 27.1. The van der Waals surface area contributed by atoms with Crippen molar-refractivity contribution in [3.05, 3.63) is 59.1 Å². The fourth-order valence-corrected chi connectivity index (χ4v) is 5.52. The fourth-order valence-electron chi connectivity index (χ4n) is 4.82. The highest BCUT2D eigenvalue weighted by molar-refractivity contribution is 7.92. The lowest BCUT2D eigenvalue weighted by Crippen LogP contribution is -2.57. The maximum Gasteiger partial charge on any atom is 0.318 e. The Morgan fingerprint density at radius 2 is 1.54 bits per heavy atom. The first-order valence-electron chi connectivity index (χ1n) is 12.6. The molecule has 0 saturated carbocycles. The minimum atomic E-state index is -3.42. The van der Waals surface area contributed by atoms with Crippen LogP contribution in [0.3, 0.4) is 0 Å². The summed E-state index contributed by atoms with van der Waals surface area (Å²) in [6.07, 6.45) is 4.56. The molecule has 0 bridgehead atoms. The van der Waals surface area contributed by atoms with Gasteiger partial charge in [-0.1, -0.05) is 35.9 Å².